The molecule has 1 aliphatic heterocycles. The van der Waals surface area contributed by atoms with E-state index in [-0.39, 0.29) is 11.9 Å². The van der Waals surface area contributed by atoms with Crippen LogP contribution in [0, 0.1) is 0 Å². The molecule has 1 saturated heterocycles. The summed E-state index contributed by atoms with van der Waals surface area (Å²) in [7, 11) is 1.66. The summed E-state index contributed by atoms with van der Waals surface area (Å²) in [5, 5.41) is 0. The molecule has 0 aromatic carbocycles. The third kappa shape index (κ3) is 2.04. The Morgan fingerprint density at radius 2 is 2.60 bits per heavy atom. The Kier molecular flexibility index (Phi) is 3.06. The number of likely N-dealkylation sites (tertiary alicyclic amines) is 1. The van der Waals surface area contributed by atoms with Gasteiger partial charge >= 0.3 is 0 Å². The molecule has 0 aliphatic carbocycles. The van der Waals surface area contributed by atoms with Gasteiger partial charge in [-0.05, 0) is 25.0 Å². The van der Waals surface area contributed by atoms with Crippen LogP contribution in [0.1, 0.15) is 23.4 Å². The van der Waals surface area contributed by atoms with E-state index >= 15 is 0 Å². The molecule has 1 unspecified atom stereocenters. The number of rotatable bonds is 3. The molecule has 2 heterocycles. The summed E-state index contributed by atoms with van der Waals surface area (Å²) in [6, 6.07) is 3.63. The largest absolute Gasteiger partial charge is 0.459 e. The highest BCUT2D eigenvalue weighted by Gasteiger charge is 2.30. The van der Waals surface area contributed by atoms with Gasteiger partial charge in [-0.3, -0.25) is 4.79 Å². The molecule has 1 aromatic heterocycles. The highest BCUT2D eigenvalue weighted by Crippen LogP contribution is 2.20. The summed E-state index contributed by atoms with van der Waals surface area (Å²) in [6.07, 6.45) is 3.58. The lowest BCUT2D eigenvalue weighted by atomic mass is 10.2. The van der Waals surface area contributed by atoms with Gasteiger partial charge in [-0.1, -0.05) is 0 Å². The summed E-state index contributed by atoms with van der Waals surface area (Å²) in [6.45, 7) is 1.40. The maximum absolute atomic E-state index is 12.0. The van der Waals surface area contributed by atoms with Crippen molar-refractivity contribution < 1.29 is 13.9 Å². The van der Waals surface area contributed by atoms with Crippen LogP contribution in [-0.2, 0) is 4.74 Å². The molecule has 82 valence electrons. The van der Waals surface area contributed by atoms with Gasteiger partial charge in [0, 0.05) is 13.7 Å². The van der Waals surface area contributed by atoms with Gasteiger partial charge in [0.2, 0.25) is 0 Å². The van der Waals surface area contributed by atoms with Crippen molar-refractivity contribution in [1.82, 2.24) is 4.90 Å². The average Bonchev–Trinajstić information content (AvgIpc) is 2.87. The van der Waals surface area contributed by atoms with Gasteiger partial charge in [0.25, 0.3) is 5.91 Å². The van der Waals surface area contributed by atoms with Crippen molar-refractivity contribution in [3.05, 3.63) is 24.2 Å². The maximum Gasteiger partial charge on any atom is 0.289 e. The van der Waals surface area contributed by atoms with E-state index in [0.717, 1.165) is 19.4 Å². The first-order valence-electron chi connectivity index (χ1n) is 5.16. The van der Waals surface area contributed by atoms with Crippen LogP contribution in [0.4, 0.5) is 0 Å². The molecule has 0 radical (unpaired) electrons. The van der Waals surface area contributed by atoms with Crippen LogP contribution in [0.3, 0.4) is 0 Å². The summed E-state index contributed by atoms with van der Waals surface area (Å²) in [5.74, 6) is 0.387. The number of methoxy groups -OCH3 is 1. The molecule has 0 saturated carbocycles. The number of amides is 1. The number of hydrogen-bond acceptors (Lipinski definition) is 3. The lowest BCUT2D eigenvalue weighted by Crippen LogP contribution is -2.37. The van der Waals surface area contributed by atoms with E-state index in [1.807, 2.05) is 4.90 Å². The highest BCUT2D eigenvalue weighted by atomic mass is 16.5. The SMILES string of the molecule is COCC1CCCN1C(=O)c1ccco1. The van der Waals surface area contributed by atoms with Crippen LogP contribution in [0.2, 0.25) is 0 Å². The number of hydrogen-bond donors (Lipinski definition) is 0. The molecule has 0 bridgehead atoms. The molecule has 0 N–H and O–H groups in total. The molecule has 1 atom stereocenters. The Bertz CT molecular complexity index is 321. The molecule has 2 rings (SSSR count). The van der Waals surface area contributed by atoms with Crippen molar-refractivity contribution in [3.8, 4) is 0 Å². The van der Waals surface area contributed by atoms with E-state index in [9.17, 15) is 4.79 Å². The van der Waals surface area contributed by atoms with E-state index in [2.05, 4.69) is 0 Å². The smallest absolute Gasteiger partial charge is 0.289 e. The lowest BCUT2D eigenvalue weighted by Gasteiger charge is -2.22. The zero-order chi connectivity index (χ0) is 10.7. The Morgan fingerprint density at radius 3 is 3.27 bits per heavy atom. The summed E-state index contributed by atoms with van der Waals surface area (Å²) < 4.78 is 10.2. The first-order valence-corrected chi connectivity index (χ1v) is 5.16. The van der Waals surface area contributed by atoms with Gasteiger partial charge in [-0.25, -0.2) is 0 Å². The van der Waals surface area contributed by atoms with Gasteiger partial charge < -0.3 is 14.1 Å². The molecule has 15 heavy (non-hydrogen) atoms. The second-order valence-electron chi connectivity index (χ2n) is 3.73. The summed E-state index contributed by atoms with van der Waals surface area (Å²) in [5.41, 5.74) is 0. The molecule has 1 fully saturated rings. The van der Waals surface area contributed by atoms with Crippen LogP contribution in [-0.4, -0.2) is 37.1 Å². The molecule has 4 nitrogen and oxygen atoms in total. The summed E-state index contributed by atoms with van der Waals surface area (Å²) >= 11 is 0. The van der Waals surface area contributed by atoms with E-state index in [1.165, 1.54) is 6.26 Å². The second kappa shape index (κ2) is 4.49. The maximum atomic E-state index is 12.0. The van der Waals surface area contributed by atoms with E-state index in [4.69, 9.17) is 9.15 Å². The van der Waals surface area contributed by atoms with Crippen LogP contribution < -0.4 is 0 Å². The van der Waals surface area contributed by atoms with E-state index in [0.29, 0.717) is 12.4 Å². The molecule has 1 aliphatic rings. The molecule has 0 spiro atoms. The number of ether oxygens (including phenoxy) is 1. The zero-order valence-electron chi connectivity index (χ0n) is 8.81. The summed E-state index contributed by atoms with van der Waals surface area (Å²) in [4.78, 5) is 13.8. The van der Waals surface area contributed by atoms with Gasteiger partial charge in [0.15, 0.2) is 5.76 Å². The van der Waals surface area contributed by atoms with Crippen molar-refractivity contribution in [3.63, 3.8) is 0 Å². The number of carbonyl (C=O) groups excluding carboxylic acids is 1. The Balaban J connectivity index is 2.06. The fourth-order valence-electron chi connectivity index (χ4n) is 2.01. The van der Waals surface area contributed by atoms with Crippen LogP contribution >= 0.6 is 0 Å². The van der Waals surface area contributed by atoms with E-state index in [1.54, 1.807) is 19.2 Å². The van der Waals surface area contributed by atoms with E-state index < -0.39 is 0 Å². The number of carbonyl (C=O) groups is 1. The first-order chi connectivity index (χ1) is 7.33. The number of furan rings is 1. The fourth-order valence-corrected chi connectivity index (χ4v) is 2.01. The second-order valence-corrected chi connectivity index (χ2v) is 3.73. The predicted molar refractivity (Wildman–Crippen MR) is 54.6 cm³/mol. The molecular formula is C11H15NO3. The Hall–Kier alpha value is -1.29. The highest BCUT2D eigenvalue weighted by molar-refractivity contribution is 5.91. The fraction of sp³-hybridized carbons (Fsp3) is 0.545. The number of nitrogens with zero attached hydrogens (tertiary/aromatic N) is 1. The third-order valence-electron chi connectivity index (χ3n) is 2.73. The Labute approximate surface area is 88.8 Å². The van der Waals surface area contributed by atoms with Crippen LogP contribution in [0.15, 0.2) is 22.8 Å². The van der Waals surface area contributed by atoms with Crippen LogP contribution in [0.25, 0.3) is 0 Å². The normalized spacial score (nSPS) is 20.9. The van der Waals surface area contributed by atoms with Crippen molar-refractivity contribution in [2.24, 2.45) is 0 Å². The predicted octanol–water partition coefficient (Wildman–Crippen LogP) is 1.53. The minimum absolute atomic E-state index is 0.0282. The standard InChI is InChI=1S/C11H15NO3/c1-14-8-9-4-2-6-12(9)11(13)10-5-3-7-15-10/h3,5,7,9H,2,4,6,8H2,1H3. The monoisotopic (exact) mass is 209 g/mol. The van der Waals surface area contributed by atoms with Crippen molar-refractivity contribution >= 4 is 5.91 Å². The zero-order valence-corrected chi connectivity index (χ0v) is 8.81. The quantitative estimate of drug-likeness (QED) is 0.758. The molecular weight excluding hydrogens is 194 g/mol. The first kappa shape index (κ1) is 10.2. The topological polar surface area (TPSA) is 42.7 Å². The molecule has 1 amide bonds. The molecule has 4 heteroatoms. The third-order valence-corrected chi connectivity index (χ3v) is 2.73. The van der Waals surface area contributed by atoms with Crippen LogP contribution in [0.5, 0.6) is 0 Å². The lowest BCUT2D eigenvalue weighted by molar-refractivity contribution is 0.0601. The van der Waals surface area contributed by atoms with Crippen molar-refractivity contribution in [1.29, 1.82) is 0 Å². The van der Waals surface area contributed by atoms with Crippen molar-refractivity contribution in [2.75, 3.05) is 20.3 Å². The molecule has 1 aromatic rings. The minimum atomic E-state index is -0.0282. The van der Waals surface area contributed by atoms with Gasteiger partial charge in [-0.2, -0.15) is 0 Å². The minimum Gasteiger partial charge on any atom is -0.459 e. The van der Waals surface area contributed by atoms with Crippen molar-refractivity contribution in [2.45, 2.75) is 18.9 Å². The Morgan fingerprint density at radius 1 is 1.73 bits per heavy atom. The average molecular weight is 209 g/mol. The van der Waals surface area contributed by atoms with Gasteiger partial charge in [-0.15, -0.1) is 0 Å². The van der Waals surface area contributed by atoms with Gasteiger partial charge in [0.1, 0.15) is 0 Å². The van der Waals surface area contributed by atoms with Gasteiger partial charge in [0.05, 0.1) is 18.9 Å².